The second-order valence-corrected chi connectivity index (χ2v) is 7.35. The van der Waals surface area contributed by atoms with Crippen molar-refractivity contribution < 1.29 is 14.3 Å². The molecule has 138 valence electrons. The number of ether oxygens (including phenoxy) is 1. The van der Waals surface area contributed by atoms with E-state index >= 15 is 0 Å². The van der Waals surface area contributed by atoms with E-state index in [4.69, 9.17) is 16.3 Å². The van der Waals surface area contributed by atoms with Crippen LogP contribution in [0, 0.1) is 5.92 Å². The summed E-state index contributed by atoms with van der Waals surface area (Å²) < 4.78 is 6.15. The van der Waals surface area contributed by atoms with Gasteiger partial charge in [-0.1, -0.05) is 37.6 Å². The number of amides is 2. The van der Waals surface area contributed by atoms with Gasteiger partial charge in [0.2, 0.25) is 0 Å². The molecule has 0 aliphatic carbocycles. The zero-order valence-corrected chi connectivity index (χ0v) is 16.9. The second-order valence-electron chi connectivity index (χ2n) is 6.06. The van der Waals surface area contributed by atoms with Gasteiger partial charge in [-0.3, -0.25) is 9.59 Å². The largest absolute Gasteiger partial charge is 0.483 e. The molecule has 0 heterocycles. The molecule has 0 aliphatic rings. The summed E-state index contributed by atoms with van der Waals surface area (Å²) in [7, 11) is 0. The summed E-state index contributed by atoms with van der Waals surface area (Å²) in [6.07, 6.45) is 0. The number of benzene rings is 2. The van der Waals surface area contributed by atoms with Gasteiger partial charge in [0, 0.05) is 11.6 Å². The summed E-state index contributed by atoms with van der Waals surface area (Å²) in [5.41, 5.74) is 0.853. The minimum atomic E-state index is -0.365. The Morgan fingerprint density at radius 2 is 1.92 bits per heavy atom. The number of nitrogens with one attached hydrogen (secondary N) is 2. The van der Waals surface area contributed by atoms with Crippen LogP contribution in [0.25, 0.3) is 0 Å². The van der Waals surface area contributed by atoms with Crippen molar-refractivity contribution in [2.75, 3.05) is 18.5 Å². The van der Waals surface area contributed by atoms with Gasteiger partial charge in [-0.25, -0.2) is 0 Å². The lowest BCUT2D eigenvalue weighted by Crippen LogP contribution is -2.29. The molecular formula is C19H20BrClN2O3. The summed E-state index contributed by atoms with van der Waals surface area (Å²) >= 11 is 9.21. The maximum Gasteiger partial charge on any atom is 0.262 e. The fourth-order valence-electron chi connectivity index (χ4n) is 2.10. The lowest BCUT2D eigenvalue weighted by atomic mass is 10.1. The molecule has 2 aromatic carbocycles. The SMILES string of the molecule is CC(C)CNC(=O)c1ccccc1NC(=O)COc1ccc(Cl)cc1Br. The molecule has 5 nitrogen and oxygen atoms in total. The smallest absolute Gasteiger partial charge is 0.262 e. The number of hydrogen-bond donors (Lipinski definition) is 2. The monoisotopic (exact) mass is 438 g/mol. The fraction of sp³-hybridized carbons (Fsp3) is 0.263. The van der Waals surface area contributed by atoms with Crippen molar-refractivity contribution in [2.45, 2.75) is 13.8 Å². The van der Waals surface area contributed by atoms with E-state index in [2.05, 4.69) is 26.6 Å². The Hall–Kier alpha value is -2.05. The van der Waals surface area contributed by atoms with E-state index in [9.17, 15) is 9.59 Å². The Bertz CT molecular complexity index is 796. The predicted molar refractivity (Wildman–Crippen MR) is 107 cm³/mol. The van der Waals surface area contributed by atoms with Crippen molar-refractivity contribution in [1.82, 2.24) is 5.32 Å². The van der Waals surface area contributed by atoms with Crippen molar-refractivity contribution in [2.24, 2.45) is 5.92 Å². The van der Waals surface area contributed by atoms with Gasteiger partial charge in [-0.15, -0.1) is 0 Å². The number of anilines is 1. The van der Waals surface area contributed by atoms with Gasteiger partial charge < -0.3 is 15.4 Å². The molecule has 0 spiro atoms. The third-order valence-corrected chi connectivity index (χ3v) is 4.22. The van der Waals surface area contributed by atoms with E-state index in [0.29, 0.717) is 39.0 Å². The maximum atomic E-state index is 12.3. The number of carbonyl (C=O) groups excluding carboxylic acids is 2. The van der Waals surface area contributed by atoms with Crippen LogP contribution < -0.4 is 15.4 Å². The van der Waals surface area contributed by atoms with Crippen LogP contribution in [0.4, 0.5) is 5.69 Å². The summed E-state index contributed by atoms with van der Waals surface area (Å²) in [5, 5.41) is 6.12. The van der Waals surface area contributed by atoms with Gasteiger partial charge in [0.1, 0.15) is 5.75 Å². The third kappa shape index (κ3) is 6.04. The lowest BCUT2D eigenvalue weighted by Gasteiger charge is -2.13. The van der Waals surface area contributed by atoms with Crippen molar-refractivity contribution in [3.63, 3.8) is 0 Å². The Labute approximate surface area is 166 Å². The van der Waals surface area contributed by atoms with E-state index in [1.165, 1.54) is 0 Å². The molecule has 0 aromatic heterocycles. The predicted octanol–water partition coefficient (Wildman–Crippen LogP) is 4.51. The molecule has 0 fully saturated rings. The zero-order valence-electron chi connectivity index (χ0n) is 14.5. The third-order valence-electron chi connectivity index (χ3n) is 3.37. The maximum absolute atomic E-state index is 12.3. The number of rotatable bonds is 7. The van der Waals surface area contributed by atoms with Crippen LogP contribution in [-0.4, -0.2) is 25.0 Å². The van der Waals surface area contributed by atoms with E-state index < -0.39 is 0 Å². The minimum absolute atomic E-state index is 0.192. The van der Waals surface area contributed by atoms with Crippen LogP contribution in [0.2, 0.25) is 5.02 Å². The molecule has 0 saturated heterocycles. The van der Waals surface area contributed by atoms with Crippen molar-refractivity contribution >= 4 is 45.0 Å². The fourth-order valence-corrected chi connectivity index (χ4v) is 2.90. The average molecular weight is 440 g/mol. The van der Waals surface area contributed by atoms with Crippen molar-refractivity contribution in [3.8, 4) is 5.75 Å². The molecule has 26 heavy (non-hydrogen) atoms. The van der Waals surface area contributed by atoms with Crippen LogP contribution in [0.15, 0.2) is 46.9 Å². The van der Waals surface area contributed by atoms with Crippen LogP contribution in [0.5, 0.6) is 5.75 Å². The molecule has 2 rings (SSSR count). The highest BCUT2D eigenvalue weighted by Gasteiger charge is 2.14. The molecule has 0 atom stereocenters. The van der Waals surface area contributed by atoms with Gasteiger partial charge in [-0.05, 0) is 52.2 Å². The quantitative estimate of drug-likeness (QED) is 0.667. The Morgan fingerprint density at radius 1 is 1.19 bits per heavy atom. The highest BCUT2D eigenvalue weighted by atomic mass is 79.9. The lowest BCUT2D eigenvalue weighted by molar-refractivity contribution is -0.118. The normalized spacial score (nSPS) is 10.5. The van der Waals surface area contributed by atoms with Gasteiger partial charge in [0.15, 0.2) is 6.61 Å². The molecule has 0 bridgehead atoms. The summed E-state index contributed by atoms with van der Waals surface area (Å²) in [4.78, 5) is 24.5. The topological polar surface area (TPSA) is 67.4 Å². The molecule has 7 heteroatoms. The first-order valence-electron chi connectivity index (χ1n) is 8.11. The Balaban J connectivity index is 1.99. The van der Waals surface area contributed by atoms with E-state index in [1.54, 1.807) is 42.5 Å². The van der Waals surface area contributed by atoms with Gasteiger partial charge in [-0.2, -0.15) is 0 Å². The Morgan fingerprint density at radius 3 is 2.62 bits per heavy atom. The summed E-state index contributed by atoms with van der Waals surface area (Å²) in [5.74, 6) is 0.256. The standard InChI is InChI=1S/C19H20BrClN2O3/c1-12(2)10-22-19(25)14-5-3-4-6-16(14)23-18(24)11-26-17-8-7-13(21)9-15(17)20/h3-9,12H,10-11H2,1-2H3,(H,22,25)(H,23,24). The van der Waals surface area contributed by atoms with Gasteiger partial charge in [0.05, 0.1) is 15.7 Å². The van der Waals surface area contributed by atoms with Crippen LogP contribution in [0.1, 0.15) is 24.2 Å². The average Bonchev–Trinajstić information content (AvgIpc) is 2.59. The molecule has 2 aromatic rings. The molecule has 0 saturated carbocycles. The molecule has 0 unspecified atom stereocenters. The number of halogens is 2. The molecule has 2 N–H and O–H groups in total. The highest BCUT2D eigenvalue weighted by molar-refractivity contribution is 9.10. The van der Waals surface area contributed by atoms with Crippen molar-refractivity contribution in [3.05, 3.63) is 57.5 Å². The summed E-state index contributed by atoms with van der Waals surface area (Å²) in [6.45, 7) is 4.40. The minimum Gasteiger partial charge on any atom is -0.483 e. The first-order chi connectivity index (χ1) is 12.4. The highest BCUT2D eigenvalue weighted by Crippen LogP contribution is 2.28. The second kappa shape index (κ2) is 9.59. The van der Waals surface area contributed by atoms with E-state index in [0.717, 1.165) is 0 Å². The van der Waals surface area contributed by atoms with E-state index in [1.807, 2.05) is 13.8 Å². The Kier molecular flexibility index (Phi) is 7.48. The van der Waals surface area contributed by atoms with Crippen LogP contribution in [-0.2, 0) is 4.79 Å². The number of hydrogen-bond acceptors (Lipinski definition) is 3. The van der Waals surface area contributed by atoms with Gasteiger partial charge >= 0.3 is 0 Å². The molecule has 0 radical (unpaired) electrons. The van der Waals surface area contributed by atoms with Crippen molar-refractivity contribution in [1.29, 1.82) is 0 Å². The molecular weight excluding hydrogens is 420 g/mol. The van der Waals surface area contributed by atoms with Crippen LogP contribution >= 0.6 is 27.5 Å². The molecule has 0 aliphatic heterocycles. The first kappa shape index (κ1) is 20.3. The van der Waals surface area contributed by atoms with Gasteiger partial charge in [0.25, 0.3) is 11.8 Å². The first-order valence-corrected chi connectivity index (χ1v) is 9.29. The van der Waals surface area contributed by atoms with Crippen LogP contribution in [0.3, 0.4) is 0 Å². The zero-order chi connectivity index (χ0) is 19.1. The number of carbonyl (C=O) groups is 2. The number of para-hydroxylation sites is 1. The van der Waals surface area contributed by atoms with E-state index in [-0.39, 0.29) is 18.4 Å². The molecule has 2 amide bonds. The summed E-state index contributed by atoms with van der Waals surface area (Å²) in [6, 6.07) is 11.9.